The van der Waals surface area contributed by atoms with E-state index in [1.165, 1.54) is 12.8 Å². The van der Waals surface area contributed by atoms with E-state index >= 15 is 0 Å². The Labute approximate surface area is 71.0 Å². The van der Waals surface area contributed by atoms with Crippen molar-refractivity contribution in [3.8, 4) is 0 Å². The molecule has 0 saturated heterocycles. The van der Waals surface area contributed by atoms with Crippen molar-refractivity contribution in [3.63, 3.8) is 0 Å². The van der Waals surface area contributed by atoms with E-state index in [0.717, 1.165) is 12.8 Å². The number of aromatic amines is 1. The molecule has 4 nitrogen and oxygen atoms in total. The van der Waals surface area contributed by atoms with Crippen LogP contribution in [0.15, 0.2) is 6.20 Å². The third kappa shape index (κ3) is 1.34. The molecule has 1 aromatic heterocycles. The molecule has 0 aromatic carbocycles. The van der Waals surface area contributed by atoms with Gasteiger partial charge in [0.25, 0.3) is 0 Å². The van der Waals surface area contributed by atoms with E-state index < -0.39 is 6.10 Å². The zero-order valence-electron chi connectivity index (χ0n) is 6.90. The first-order valence-corrected chi connectivity index (χ1v) is 4.41. The summed E-state index contributed by atoms with van der Waals surface area (Å²) in [5.74, 6) is 0.398. The fourth-order valence-electron chi connectivity index (χ4n) is 1.87. The van der Waals surface area contributed by atoms with Crippen molar-refractivity contribution in [1.82, 2.24) is 15.4 Å². The summed E-state index contributed by atoms with van der Waals surface area (Å²) in [4.78, 5) is 0. The van der Waals surface area contributed by atoms with Crippen LogP contribution >= 0.6 is 0 Å². The Morgan fingerprint density at radius 2 is 2.25 bits per heavy atom. The van der Waals surface area contributed by atoms with Crippen molar-refractivity contribution in [2.45, 2.75) is 31.8 Å². The highest BCUT2D eigenvalue weighted by atomic mass is 16.3. The second-order valence-corrected chi connectivity index (χ2v) is 3.38. The van der Waals surface area contributed by atoms with Crippen molar-refractivity contribution in [2.24, 2.45) is 5.92 Å². The lowest BCUT2D eigenvalue weighted by molar-refractivity contribution is 0.107. The first kappa shape index (κ1) is 7.73. The first-order chi connectivity index (χ1) is 5.88. The Morgan fingerprint density at radius 3 is 2.83 bits per heavy atom. The summed E-state index contributed by atoms with van der Waals surface area (Å²) in [6.45, 7) is 0. The number of nitrogens with zero attached hydrogens (tertiary/aromatic N) is 2. The minimum Gasteiger partial charge on any atom is -0.386 e. The molecule has 0 radical (unpaired) electrons. The molecule has 1 unspecified atom stereocenters. The second kappa shape index (κ2) is 3.23. The van der Waals surface area contributed by atoms with Crippen LogP contribution in [0, 0.1) is 5.92 Å². The van der Waals surface area contributed by atoms with Crippen molar-refractivity contribution >= 4 is 0 Å². The average Bonchev–Trinajstić information content (AvgIpc) is 2.77. The maximum Gasteiger partial charge on any atom is 0.111 e. The van der Waals surface area contributed by atoms with Gasteiger partial charge in [-0.3, -0.25) is 0 Å². The van der Waals surface area contributed by atoms with Crippen LogP contribution in [0.4, 0.5) is 0 Å². The van der Waals surface area contributed by atoms with Crippen LogP contribution in [0.5, 0.6) is 0 Å². The van der Waals surface area contributed by atoms with E-state index in [1.54, 1.807) is 6.20 Å². The van der Waals surface area contributed by atoms with Crippen molar-refractivity contribution in [3.05, 3.63) is 11.9 Å². The highest BCUT2D eigenvalue weighted by Gasteiger charge is 2.25. The molecular weight excluding hydrogens is 154 g/mol. The third-order valence-corrected chi connectivity index (χ3v) is 2.58. The molecule has 66 valence electrons. The number of H-pyrrole nitrogens is 1. The summed E-state index contributed by atoms with van der Waals surface area (Å²) in [7, 11) is 0. The molecule has 12 heavy (non-hydrogen) atoms. The predicted molar refractivity (Wildman–Crippen MR) is 43.3 cm³/mol. The topological polar surface area (TPSA) is 61.8 Å². The lowest BCUT2D eigenvalue weighted by Crippen LogP contribution is -2.09. The lowest BCUT2D eigenvalue weighted by atomic mass is 9.99. The molecule has 1 atom stereocenters. The van der Waals surface area contributed by atoms with Gasteiger partial charge in [0, 0.05) is 0 Å². The van der Waals surface area contributed by atoms with Gasteiger partial charge in [0.05, 0.1) is 6.20 Å². The van der Waals surface area contributed by atoms with Crippen molar-refractivity contribution < 1.29 is 5.11 Å². The third-order valence-electron chi connectivity index (χ3n) is 2.58. The summed E-state index contributed by atoms with van der Waals surface area (Å²) in [6.07, 6.45) is 5.90. The minimum atomic E-state index is -0.411. The Balaban J connectivity index is 2.04. The Kier molecular flexibility index (Phi) is 2.08. The average molecular weight is 167 g/mol. The van der Waals surface area contributed by atoms with Crippen molar-refractivity contribution in [1.29, 1.82) is 0 Å². The minimum absolute atomic E-state index is 0.398. The molecule has 4 heteroatoms. The van der Waals surface area contributed by atoms with E-state index in [2.05, 4.69) is 15.4 Å². The van der Waals surface area contributed by atoms with E-state index in [9.17, 15) is 5.11 Å². The van der Waals surface area contributed by atoms with Crippen LogP contribution in [0.2, 0.25) is 0 Å². The van der Waals surface area contributed by atoms with Gasteiger partial charge in [-0.1, -0.05) is 12.8 Å². The molecule has 1 aliphatic carbocycles. The molecular formula is C8H13N3O. The molecule has 0 amide bonds. The number of hydrogen-bond acceptors (Lipinski definition) is 3. The molecule has 2 rings (SSSR count). The van der Waals surface area contributed by atoms with E-state index in [0.29, 0.717) is 11.6 Å². The highest BCUT2D eigenvalue weighted by Crippen LogP contribution is 2.34. The fourth-order valence-corrected chi connectivity index (χ4v) is 1.87. The van der Waals surface area contributed by atoms with Gasteiger partial charge in [0.1, 0.15) is 11.8 Å². The first-order valence-electron chi connectivity index (χ1n) is 4.41. The quantitative estimate of drug-likeness (QED) is 0.691. The number of rotatable bonds is 2. The standard InChI is InChI=1S/C8H13N3O/c12-8(6-3-1-2-4-6)7-5-9-11-10-7/h5-6,8,12H,1-4H2,(H,9,10,11). The lowest BCUT2D eigenvalue weighted by Gasteiger charge is -2.13. The van der Waals surface area contributed by atoms with Crippen LogP contribution in [0.25, 0.3) is 0 Å². The van der Waals surface area contributed by atoms with Crippen LogP contribution in [0.1, 0.15) is 37.5 Å². The largest absolute Gasteiger partial charge is 0.386 e. The highest BCUT2D eigenvalue weighted by molar-refractivity contribution is 4.98. The number of aliphatic hydroxyl groups is 1. The van der Waals surface area contributed by atoms with E-state index in [-0.39, 0.29) is 0 Å². The molecule has 1 aromatic rings. The SMILES string of the molecule is OC(c1cn[nH]n1)C1CCCC1. The van der Waals surface area contributed by atoms with E-state index in [4.69, 9.17) is 0 Å². The normalized spacial score (nSPS) is 21.4. The fraction of sp³-hybridized carbons (Fsp3) is 0.750. The van der Waals surface area contributed by atoms with Crippen LogP contribution in [-0.2, 0) is 0 Å². The maximum absolute atomic E-state index is 9.79. The van der Waals surface area contributed by atoms with Gasteiger partial charge in [-0.15, -0.1) is 0 Å². The molecule has 1 saturated carbocycles. The van der Waals surface area contributed by atoms with Gasteiger partial charge in [-0.25, -0.2) is 0 Å². The monoisotopic (exact) mass is 167 g/mol. The number of aliphatic hydroxyl groups excluding tert-OH is 1. The van der Waals surface area contributed by atoms with Gasteiger partial charge in [0.2, 0.25) is 0 Å². The molecule has 2 N–H and O–H groups in total. The molecule has 1 aliphatic rings. The Bertz CT molecular complexity index is 228. The predicted octanol–water partition coefficient (Wildman–Crippen LogP) is 1.03. The smallest absolute Gasteiger partial charge is 0.111 e. The van der Waals surface area contributed by atoms with Gasteiger partial charge >= 0.3 is 0 Å². The number of aromatic nitrogens is 3. The summed E-state index contributed by atoms with van der Waals surface area (Å²) in [5.41, 5.74) is 0.682. The Hall–Kier alpha value is -0.900. The van der Waals surface area contributed by atoms with Crippen molar-refractivity contribution in [2.75, 3.05) is 0 Å². The second-order valence-electron chi connectivity index (χ2n) is 3.38. The maximum atomic E-state index is 9.79. The number of nitrogens with one attached hydrogen (secondary N) is 1. The summed E-state index contributed by atoms with van der Waals surface area (Å²) in [6, 6.07) is 0. The molecule has 1 heterocycles. The molecule has 0 spiro atoms. The number of hydrogen-bond donors (Lipinski definition) is 2. The zero-order valence-corrected chi connectivity index (χ0v) is 6.90. The Morgan fingerprint density at radius 1 is 1.50 bits per heavy atom. The summed E-state index contributed by atoms with van der Waals surface area (Å²) in [5, 5.41) is 19.9. The molecule has 1 fully saturated rings. The van der Waals surface area contributed by atoms with Gasteiger partial charge in [-0.05, 0) is 18.8 Å². The van der Waals surface area contributed by atoms with E-state index in [1.807, 2.05) is 0 Å². The molecule has 0 bridgehead atoms. The van der Waals surface area contributed by atoms with Gasteiger partial charge in [0.15, 0.2) is 0 Å². The van der Waals surface area contributed by atoms with Gasteiger partial charge < -0.3 is 5.11 Å². The zero-order chi connectivity index (χ0) is 8.39. The molecule has 0 aliphatic heterocycles. The van der Waals surface area contributed by atoms with Crippen LogP contribution in [-0.4, -0.2) is 20.5 Å². The van der Waals surface area contributed by atoms with Crippen LogP contribution < -0.4 is 0 Å². The van der Waals surface area contributed by atoms with Gasteiger partial charge in [-0.2, -0.15) is 15.4 Å². The van der Waals surface area contributed by atoms with Crippen LogP contribution in [0.3, 0.4) is 0 Å². The summed E-state index contributed by atoms with van der Waals surface area (Å²) >= 11 is 0. The summed E-state index contributed by atoms with van der Waals surface area (Å²) < 4.78 is 0.